The molecule has 5 nitrogen and oxygen atoms in total. The molecular weight excluding hydrogens is 332 g/mol. The normalized spacial score (nSPS) is 21.9. The molecule has 126 valence electrons. The molecule has 0 saturated heterocycles. The summed E-state index contributed by atoms with van der Waals surface area (Å²) in [7, 11) is 0. The van der Waals surface area contributed by atoms with E-state index in [4.69, 9.17) is 0 Å². The second-order valence-corrected chi connectivity index (χ2v) is 7.16. The van der Waals surface area contributed by atoms with E-state index in [1.807, 2.05) is 48.5 Å². The number of hydrazine groups is 1. The zero-order valence-corrected chi connectivity index (χ0v) is 14.3. The zero-order valence-electron chi connectivity index (χ0n) is 13.5. The van der Waals surface area contributed by atoms with E-state index in [1.165, 1.54) is 0 Å². The fourth-order valence-electron chi connectivity index (χ4n) is 2.85. The molecule has 2 atom stereocenters. The van der Waals surface area contributed by atoms with E-state index in [2.05, 4.69) is 39.6 Å². The van der Waals surface area contributed by atoms with Crippen LogP contribution < -0.4 is 16.3 Å². The third kappa shape index (κ3) is 3.45. The first-order valence-corrected chi connectivity index (χ1v) is 9.10. The minimum atomic E-state index is -0.0127. The van der Waals surface area contributed by atoms with Gasteiger partial charge in [-0.1, -0.05) is 60.7 Å². The molecule has 4 rings (SSSR count). The van der Waals surface area contributed by atoms with Gasteiger partial charge in [0.2, 0.25) is 5.78 Å². The van der Waals surface area contributed by atoms with Crippen LogP contribution in [0.1, 0.15) is 15.9 Å². The first kappa shape index (κ1) is 15.9. The maximum absolute atomic E-state index is 12.7. The number of nitrogens with zero attached hydrogens (tertiary/aromatic N) is 1. The summed E-state index contributed by atoms with van der Waals surface area (Å²) in [5.74, 6) is -0.0127. The molecule has 0 fully saturated rings. The molecule has 3 N–H and O–H groups in total. The number of carbonyl (C=O) groups excluding carboxylic acids is 1. The topological polar surface area (TPSA) is 65.5 Å². The summed E-state index contributed by atoms with van der Waals surface area (Å²) >= 11 is 1.68. The Hall–Kier alpha value is -2.57. The summed E-state index contributed by atoms with van der Waals surface area (Å²) in [6, 6.07) is 19.5. The van der Waals surface area contributed by atoms with Crippen LogP contribution in [0.15, 0.2) is 71.8 Å². The summed E-state index contributed by atoms with van der Waals surface area (Å²) in [4.78, 5) is 12.7. The Labute approximate surface area is 150 Å². The highest BCUT2D eigenvalue weighted by Gasteiger charge is 2.31. The smallest absolute Gasteiger partial charge is 0.210 e. The molecule has 2 aliphatic heterocycles. The van der Waals surface area contributed by atoms with Crippen molar-refractivity contribution in [1.82, 2.24) is 16.3 Å². The first-order valence-electron chi connectivity index (χ1n) is 8.16. The van der Waals surface area contributed by atoms with Gasteiger partial charge in [-0.15, -0.1) is 11.8 Å². The molecule has 0 bridgehead atoms. The predicted molar refractivity (Wildman–Crippen MR) is 102 cm³/mol. The van der Waals surface area contributed by atoms with E-state index in [9.17, 15) is 4.79 Å². The SMILES string of the molecule is O=C(C1=NNCC1SC1C=C(c2ccccc2)NN1)c1ccccc1. The third-order valence-electron chi connectivity index (χ3n) is 4.11. The van der Waals surface area contributed by atoms with Gasteiger partial charge >= 0.3 is 0 Å². The van der Waals surface area contributed by atoms with Crippen molar-refractivity contribution in [1.29, 1.82) is 0 Å². The Kier molecular flexibility index (Phi) is 4.54. The minimum Gasteiger partial charge on any atom is -0.320 e. The van der Waals surface area contributed by atoms with Crippen LogP contribution in [-0.2, 0) is 0 Å². The first-order chi connectivity index (χ1) is 12.3. The Morgan fingerprint density at radius 2 is 1.76 bits per heavy atom. The van der Waals surface area contributed by atoms with Gasteiger partial charge in [-0.2, -0.15) is 5.10 Å². The number of ketones is 1. The highest BCUT2D eigenvalue weighted by Crippen LogP contribution is 2.27. The lowest BCUT2D eigenvalue weighted by molar-refractivity contribution is 0.106. The van der Waals surface area contributed by atoms with Crippen molar-refractivity contribution in [3.05, 3.63) is 77.9 Å². The lowest BCUT2D eigenvalue weighted by atomic mass is 10.1. The monoisotopic (exact) mass is 350 g/mol. The standard InChI is InChI=1S/C19H18N4OS/c24-19(14-9-5-2-6-10-14)18-16(12-20-23-18)25-17-11-15(21-22-17)13-7-3-1-4-8-13/h1-11,16-17,20-22H,12H2. The van der Waals surface area contributed by atoms with E-state index >= 15 is 0 Å². The fraction of sp³-hybridized carbons (Fsp3) is 0.158. The highest BCUT2D eigenvalue weighted by molar-refractivity contribution is 8.01. The van der Waals surface area contributed by atoms with Crippen LogP contribution in [0.5, 0.6) is 0 Å². The number of nitrogens with one attached hydrogen (secondary N) is 3. The molecule has 2 aliphatic rings. The number of hydrogen-bond donors (Lipinski definition) is 3. The molecule has 0 aliphatic carbocycles. The minimum absolute atomic E-state index is 0.0124. The van der Waals surface area contributed by atoms with E-state index in [1.54, 1.807) is 11.8 Å². The molecular formula is C19H18N4OS. The van der Waals surface area contributed by atoms with Gasteiger partial charge in [0.25, 0.3) is 0 Å². The number of benzene rings is 2. The van der Waals surface area contributed by atoms with Crippen molar-refractivity contribution >= 4 is 29.0 Å². The molecule has 2 aromatic carbocycles. The Morgan fingerprint density at radius 3 is 2.52 bits per heavy atom. The number of carbonyl (C=O) groups is 1. The van der Waals surface area contributed by atoms with Crippen molar-refractivity contribution in [2.24, 2.45) is 5.10 Å². The van der Waals surface area contributed by atoms with Crippen LogP contribution in [-0.4, -0.2) is 28.7 Å². The summed E-state index contributed by atoms with van der Waals surface area (Å²) in [6.45, 7) is 0.658. The lowest BCUT2D eigenvalue weighted by Crippen LogP contribution is -2.34. The summed E-state index contributed by atoms with van der Waals surface area (Å²) in [5, 5.41) is 4.33. The molecule has 2 aromatic rings. The number of hydrogen-bond acceptors (Lipinski definition) is 6. The second kappa shape index (κ2) is 7.13. The van der Waals surface area contributed by atoms with Crippen molar-refractivity contribution in [3.63, 3.8) is 0 Å². The fourth-order valence-corrected chi connectivity index (χ4v) is 4.00. The van der Waals surface area contributed by atoms with E-state index < -0.39 is 0 Å². The molecule has 0 amide bonds. The molecule has 0 radical (unpaired) electrons. The van der Waals surface area contributed by atoms with Gasteiger partial charge in [0.15, 0.2) is 0 Å². The van der Waals surface area contributed by atoms with Crippen LogP contribution in [0.25, 0.3) is 5.70 Å². The van der Waals surface area contributed by atoms with E-state index in [-0.39, 0.29) is 16.4 Å². The Bertz CT molecular complexity index is 820. The summed E-state index contributed by atoms with van der Waals surface area (Å²) < 4.78 is 0. The Morgan fingerprint density at radius 1 is 1.04 bits per heavy atom. The van der Waals surface area contributed by atoms with Crippen LogP contribution in [0.4, 0.5) is 0 Å². The average Bonchev–Trinajstić information content (AvgIpc) is 3.33. The molecule has 25 heavy (non-hydrogen) atoms. The van der Waals surface area contributed by atoms with Gasteiger partial charge in [-0.3, -0.25) is 4.79 Å². The molecule has 6 heteroatoms. The average molecular weight is 350 g/mol. The summed E-state index contributed by atoms with van der Waals surface area (Å²) in [6.07, 6.45) is 2.14. The van der Waals surface area contributed by atoms with Crippen molar-refractivity contribution in [2.75, 3.05) is 6.54 Å². The molecule has 2 heterocycles. The predicted octanol–water partition coefficient (Wildman–Crippen LogP) is 2.41. The van der Waals surface area contributed by atoms with Gasteiger partial charge in [-0.25, -0.2) is 5.43 Å². The number of hydrazone groups is 1. The second-order valence-electron chi connectivity index (χ2n) is 5.82. The summed E-state index contributed by atoms with van der Waals surface area (Å²) in [5.41, 5.74) is 12.9. The van der Waals surface area contributed by atoms with Crippen molar-refractivity contribution < 1.29 is 4.79 Å². The lowest BCUT2D eigenvalue weighted by Gasteiger charge is -2.15. The van der Waals surface area contributed by atoms with Crippen molar-refractivity contribution in [2.45, 2.75) is 10.6 Å². The van der Waals surface area contributed by atoms with Crippen molar-refractivity contribution in [3.8, 4) is 0 Å². The van der Waals surface area contributed by atoms with Gasteiger partial charge in [0.1, 0.15) is 5.71 Å². The molecule has 0 saturated carbocycles. The molecule has 0 spiro atoms. The number of Topliss-reactive ketones (excluding diaryl/α,β-unsaturated/α-hetero) is 1. The maximum atomic E-state index is 12.7. The van der Waals surface area contributed by atoms with Gasteiger partial charge in [0, 0.05) is 5.56 Å². The molecule has 2 unspecified atom stereocenters. The highest BCUT2D eigenvalue weighted by atomic mass is 32.2. The van der Waals surface area contributed by atoms with Gasteiger partial charge in [0.05, 0.1) is 22.9 Å². The van der Waals surface area contributed by atoms with Crippen LogP contribution in [0, 0.1) is 0 Å². The number of rotatable bonds is 5. The van der Waals surface area contributed by atoms with Crippen LogP contribution >= 0.6 is 11.8 Å². The van der Waals surface area contributed by atoms with Crippen LogP contribution in [0.3, 0.4) is 0 Å². The largest absolute Gasteiger partial charge is 0.320 e. The maximum Gasteiger partial charge on any atom is 0.210 e. The van der Waals surface area contributed by atoms with E-state index in [0.29, 0.717) is 17.8 Å². The zero-order chi connectivity index (χ0) is 17.1. The molecule has 0 aromatic heterocycles. The van der Waals surface area contributed by atoms with Crippen LogP contribution in [0.2, 0.25) is 0 Å². The van der Waals surface area contributed by atoms with Gasteiger partial charge in [-0.05, 0) is 11.6 Å². The third-order valence-corrected chi connectivity index (χ3v) is 5.38. The van der Waals surface area contributed by atoms with Gasteiger partial charge < -0.3 is 10.9 Å². The Balaban J connectivity index is 1.45. The van der Waals surface area contributed by atoms with E-state index in [0.717, 1.165) is 11.3 Å². The number of thioether (sulfide) groups is 1. The quantitative estimate of drug-likeness (QED) is 0.723.